The summed E-state index contributed by atoms with van der Waals surface area (Å²) in [6.45, 7) is 2.23. The van der Waals surface area contributed by atoms with E-state index in [1.54, 1.807) is 18.2 Å². The van der Waals surface area contributed by atoms with E-state index in [2.05, 4.69) is 16.9 Å². The maximum absolute atomic E-state index is 13.8. The Hall–Kier alpha value is -2.60. The molecule has 5 nitrogen and oxygen atoms in total. The lowest BCUT2D eigenvalue weighted by Gasteiger charge is -2.33. The summed E-state index contributed by atoms with van der Waals surface area (Å²) in [7, 11) is 0. The lowest BCUT2D eigenvalue weighted by Crippen LogP contribution is -2.20. The molecule has 0 saturated heterocycles. The zero-order valence-electron chi connectivity index (χ0n) is 17.4. The second-order valence-electron chi connectivity index (χ2n) is 8.58. The molecule has 1 fully saturated rings. The van der Waals surface area contributed by atoms with Crippen molar-refractivity contribution in [1.29, 1.82) is 0 Å². The molecule has 0 unspecified atom stereocenters. The molecule has 1 saturated carbocycles. The van der Waals surface area contributed by atoms with Crippen molar-refractivity contribution in [2.24, 2.45) is 11.8 Å². The number of nitro groups is 1. The van der Waals surface area contributed by atoms with Crippen LogP contribution in [0, 0.1) is 27.8 Å². The number of rotatable bonds is 6. The van der Waals surface area contributed by atoms with Gasteiger partial charge in [0.05, 0.1) is 16.1 Å². The summed E-state index contributed by atoms with van der Waals surface area (Å²) in [5.41, 5.74) is 2.63. The molecule has 0 amide bonds. The molecule has 31 heavy (non-hydrogen) atoms. The highest BCUT2D eigenvalue weighted by Crippen LogP contribution is 2.41. The van der Waals surface area contributed by atoms with Crippen molar-refractivity contribution in [1.82, 2.24) is 9.97 Å². The number of benzene rings is 1. The minimum absolute atomic E-state index is 0.0999. The molecule has 7 heteroatoms. The van der Waals surface area contributed by atoms with Crippen molar-refractivity contribution in [2.75, 3.05) is 0 Å². The molecule has 1 aliphatic carbocycles. The molecule has 3 aromatic rings. The minimum atomic E-state index is -0.441. The van der Waals surface area contributed by atoms with E-state index < -0.39 is 4.92 Å². The van der Waals surface area contributed by atoms with Crippen LogP contribution < -0.4 is 0 Å². The van der Waals surface area contributed by atoms with Gasteiger partial charge in [0, 0.05) is 11.6 Å². The van der Waals surface area contributed by atoms with Crippen molar-refractivity contribution in [2.45, 2.75) is 51.4 Å². The van der Waals surface area contributed by atoms with Crippen molar-refractivity contribution in [3.8, 4) is 0 Å². The van der Waals surface area contributed by atoms with E-state index in [4.69, 9.17) is 11.6 Å². The fourth-order valence-electron chi connectivity index (χ4n) is 4.94. The van der Waals surface area contributed by atoms with Gasteiger partial charge in [-0.2, -0.15) is 0 Å². The van der Waals surface area contributed by atoms with Gasteiger partial charge in [-0.3, -0.25) is 4.98 Å². The molecule has 2 heterocycles. The number of aryl methyl sites for hydroxylation is 1. The number of hydrogen-bond donors (Lipinski definition) is 0. The minimum Gasteiger partial charge on any atom is -0.358 e. The van der Waals surface area contributed by atoms with Gasteiger partial charge >= 0.3 is 5.82 Å². The normalized spacial score (nSPS) is 20.0. The van der Waals surface area contributed by atoms with Gasteiger partial charge in [-0.05, 0) is 102 Å². The van der Waals surface area contributed by atoms with Crippen LogP contribution in [0.2, 0.25) is 5.02 Å². The standard InChI is InChI=1S/C24H25ClFN3O2/c1-15(2-3-18-12-19(25)14-28-24(18)29(30)31)16-4-6-17(7-5-16)21-10-11-27-23-9-8-20(26)13-22(21)23/h8-17H,2-7H2,1H3/t15-,16?,17?/m0/s1. The van der Waals surface area contributed by atoms with Crippen molar-refractivity contribution >= 4 is 28.3 Å². The molecule has 0 bridgehead atoms. The highest BCUT2D eigenvalue weighted by atomic mass is 35.5. The Kier molecular flexibility index (Phi) is 6.46. The molecule has 1 aliphatic rings. The van der Waals surface area contributed by atoms with E-state index in [1.807, 2.05) is 12.3 Å². The monoisotopic (exact) mass is 441 g/mol. The Labute approximate surface area is 185 Å². The fraction of sp³-hybridized carbons (Fsp3) is 0.417. The maximum Gasteiger partial charge on any atom is 0.366 e. The van der Waals surface area contributed by atoms with Crippen LogP contribution in [0.3, 0.4) is 0 Å². The third kappa shape index (κ3) is 4.85. The van der Waals surface area contributed by atoms with Crippen LogP contribution in [0.5, 0.6) is 0 Å². The van der Waals surface area contributed by atoms with Gasteiger partial charge in [0.25, 0.3) is 0 Å². The van der Waals surface area contributed by atoms with Gasteiger partial charge in [-0.1, -0.05) is 18.5 Å². The zero-order chi connectivity index (χ0) is 22.0. The summed E-state index contributed by atoms with van der Waals surface area (Å²) < 4.78 is 13.8. The number of hydrogen-bond acceptors (Lipinski definition) is 4. The van der Waals surface area contributed by atoms with Gasteiger partial charge < -0.3 is 10.1 Å². The summed E-state index contributed by atoms with van der Waals surface area (Å²) >= 11 is 6.00. The van der Waals surface area contributed by atoms with Gasteiger partial charge in [0.15, 0.2) is 6.20 Å². The molecular weight excluding hydrogens is 417 g/mol. The number of nitrogens with zero attached hydrogens (tertiary/aromatic N) is 3. The topological polar surface area (TPSA) is 68.9 Å². The number of halogens is 2. The van der Waals surface area contributed by atoms with Crippen molar-refractivity contribution < 1.29 is 9.31 Å². The van der Waals surface area contributed by atoms with E-state index in [-0.39, 0.29) is 11.6 Å². The third-order valence-corrected chi connectivity index (χ3v) is 6.91. The molecule has 0 aliphatic heterocycles. The Morgan fingerprint density at radius 1 is 1.19 bits per heavy atom. The average molecular weight is 442 g/mol. The summed E-state index contributed by atoms with van der Waals surface area (Å²) in [6.07, 6.45) is 8.91. The Morgan fingerprint density at radius 2 is 1.97 bits per heavy atom. The highest BCUT2D eigenvalue weighted by Gasteiger charge is 2.27. The molecule has 1 aromatic carbocycles. The number of aromatic nitrogens is 2. The van der Waals surface area contributed by atoms with Gasteiger partial charge in [-0.25, -0.2) is 4.39 Å². The molecule has 1 atom stereocenters. The fourth-order valence-corrected chi connectivity index (χ4v) is 5.12. The first-order valence-electron chi connectivity index (χ1n) is 10.8. The van der Waals surface area contributed by atoms with Gasteiger partial charge in [0.1, 0.15) is 5.82 Å². The van der Waals surface area contributed by atoms with Crippen LogP contribution in [0.15, 0.2) is 42.7 Å². The molecular formula is C24H25ClFN3O2. The molecule has 0 spiro atoms. The Balaban J connectivity index is 1.39. The van der Waals surface area contributed by atoms with E-state index in [0.29, 0.717) is 34.8 Å². The van der Waals surface area contributed by atoms with Crippen LogP contribution in [0.25, 0.3) is 10.9 Å². The van der Waals surface area contributed by atoms with E-state index in [0.717, 1.165) is 43.0 Å². The van der Waals surface area contributed by atoms with Crippen molar-refractivity contribution in [3.05, 3.63) is 74.8 Å². The van der Waals surface area contributed by atoms with Crippen LogP contribution in [0.4, 0.5) is 10.2 Å². The highest BCUT2D eigenvalue weighted by molar-refractivity contribution is 6.30. The first kappa shape index (κ1) is 21.6. The van der Waals surface area contributed by atoms with Crippen LogP contribution in [-0.4, -0.2) is 14.9 Å². The molecule has 0 radical (unpaired) electrons. The Bertz CT molecular complexity index is 1100. The van der Waals surface area contributed by atoms with E-state index in [9.17, 15) is 14.5 Å². The molecule has 2 aromatic heterocycles. The second-order valence-corrected chi connectivity index (χ2v) is 9.02. The molecule has 4 rings (SSSR count). The van der Waals surface area contributed by atoms with Gasteiger partial charge in [-0.15, -0.1) is 0 Å². The zero-order valence-corrected chi connectivity index (χ0v) is 18.2. The summed E-state index contributed by atoms with van der Waals surface area (Å²) in [4.78, 5) is 19.0. The predicted molar refractivity (Wildman–Crippen MR) is 120 cm³/mol. The average Bonchev–Trinajstić information content (AvgIpc) is 2.77. The van der Waals surface area contributed by atoms with Crippen molar-refractivity contribution in [3.63, 3.8) is 0 Å². The lowest BCUT2D eigenvalue weighted by atomic mass is 9.72. The molecule has 162 valence electrons. The molecule has 0 N–H and O–H groups in total. The summed E-state index contributed by atoms with van der Waals surface area (Å²) in [5, 5.41) is 12.6. The lowest BCUT2D eigenvalue weighted by molar-refractivity contribution is -0.390. The largest absolute Gasteiger partial charge is 0.366 e. The van der Waals surface area contributed by atoms with Crippen LogP contribution >= 0.6 is 11.6 Å². The first-order chi connectivity index (χ1) is 14.9. The summed E-state index contributed by atoms with van der Waals surface area (Å²) in [5.74, 6) is 1.11. The quantitative estimate of drug-likeness (QED) is 0.309. The van der Waals surface area contributed by atoms with Crippen LogP contribution in [0.1, 0.15) is 56.1 Å². The third-order valence-electron chi connectivity index (χ3n) is 6.71. The maximum atomic E-state index is 13.8. The number of fused-ring (bicyclic) bond motifs is 1. The summed E-state index contributed by atoms with van der Waals surface area (Å²) in [6, 6.07) is 8.48. The van der Waals surface area contributed by atoms with E-state index >= 15 is 0 Å². The van der Waals surface area contributed by atoms with E-state index in [1.165, 1.54) is 17.8 Å². The Morgan fingerprint density at radius 3 is 2.71 bits per heavy atom. The predicted octanol–water partition coefficient (Wildman–Crippen LogP) is 6.87. The van der Waals surface area contributed by atoms with Crippen LogP contribution in [-0.2, 0) is 6.42 Å². The smallest absolute Gasteiger partial charge is 0.358 e. The first-order valence-corrected chi connectivity index (χ1v) is 11.1. The SMILES string of the molecule is C[C@@H](CCc1cc(Cl)cnc1[N+](=O)[O-])C1CCC(c2ccnc3ccc(F)cc23)CC1. The van der Waals surface area contributed by atoms with Gasteiger partial charge in [0.2, 0.25) is 0 Å². The second kappa shape index (κ2) is 9.27. The number of pyridine rings is 2.